The number of allylic oxidation sites excluding steroid dienone is 2. The van der Waals surface area contributed by atoms with E-state index in [2.05, 4.69) is 68.6 Å². The van der Waals surface area contributed by atoms with Gasteiger partial charge in [0, 0.05) is 6.54 Å². The first kappa shape index (κ1) is 26.5. The highest BCUT2D eigenvalue weighted by atomic mass is 16.3. The van der Waals surface area contributed by atoms with E-state index < -0.39 is 0 Å². The Balaban J connectivity index is 1.35. The van der Waals surface area contributed by atoms with Crippen molar-refractivity contribution in [3.8, 4) is 5.75 Å². The van der Waals surface area contributed by atoms with Crippen LogP contribution in [-0.4, -0.2) is 11.7 Å². The third kappa shape index (κ3) is 6.33. The van der Waals surface area contributed by atoms with Crippen molar-refractivity contribution in [1.29, 1.82) is 0 Å². The van der Waals surface area contributed by atoms with Gasteiger partial charge in [-0.3, -0.25) is 0 Å². The van der Waals surface area contributed by atoms with Crippen LogP contribution in [-0.2, 0) is 19.4 Å². The lowest BCUT2D eigenvalue weighted by Gasteiger charge is -2.50. The number of nitrogens with one attached hydrogen (secondary N) is 1. The Morgan fingerprint density at radius 3 is 2.49 bits per heavy atom. The van der Waals surface area contributed by atoms with E-state index in [9.17, 15) is 5.11 Å². The second-order valence-corrected chi connectivity index (χ2v) is 13.3. The number of rotatable bonds is 8. The molecular formula is C35H49NO. The molecule has 2 heteroatoms. The van der Waals surface area contributed by atoms with Gasteiger partial charge in [-0.15, -0.1) is 0 Å². The van der Waals surface area contributed by atoms with Gasteiger partial charge in [-0.25, -0.2) is 0 Å². The van der Waals surface area contributed by atoms with Crippen molar-refractivity contribution in [2.75, 3.05) is 6.54 Å². The molecule has 3 aliphatic carbocycles. The normalized spacial score (nSPS) is 29.1. The Labute approximate surface area is 226 Å². The molecule has 0 aliphatic heterocycles. The summed E-state index contributed by atoms with van der Waals surface area (Å²) >= 11 is 0. The molecule has 200 valence electrons. The van der Waals surface area contributed by atoms with Crippen LogP contribution < -0.4 is 5.32 Å². The van der Waals surface area contributed by atoms with Gasteiger partial charge in [0.1, 0.15) is 5.75 Å². The van der Waals surface area contributed by atoms with E-state index in [-0.39, 0.29) is 0 Å². The first-order valence-electron chi connectivity index (χ1n) is 15.1. The van der Waals surface area contributed by atoms with E-state index in [0.29, 0.717) is 16.6 Å². The molecule has 2 aromatic carbocycles. The van der Waals surface area contributed by atoms with Crippen LogP contribution in [0.25, 0.3) is 0 Å². The summed E-state index contributed by atoms with van der Waals surface area (Å²) in [6.45, 7) is 9.03. The van der Waals surface area contributed by atoms with Gasteiger partial charge in [-0.2, -0.15) is 0 Å². The van der Waals surface area contributed by atoms with E-state index >= 15 is 0 Å². The fraction of sp³-hybridized carbons (Fsp3) is 0.600. The van der Waals surface area contributed by atoms with Gasteiger partial charge < -0.3 is 10.4 Å². The number of aromatic hydroxyl groups is 1. The lowest BCUT2D eigenvalue weighted by atomic mass is 9.55. The van der Waals surface area contributed by atoms with Crippen molar-refractivity contribution in [2.24, 2.45) is 28.6 Å². The number of hydrogen-bond donors (Lipinski definition) is 2. The Bertz CT molecular complexity index is 1080. The van der Waals surface area contributed by atoms with Crippen molar-refractivity contribution in [2.45, 2.75) is 97.9 Å². The highest BCUT2D eigenvalue weighted by Crippen LogP contribution is 2.58. The van der Waals surface area contributed by atoms with Gasteiger partial charge in [0.15, 0.2) is 0 Å². The Morgan fingerprint density at radius 1 is 0.973 bits per heavy atom. The van der Waals surface area contributed by atoms with Crippen LogP contribution >= 0.6 is 0 Å². The van der Waals surface area contributed by atoms with Gasteiger partial charge in [0.05, 0.1) is 0 Å². The minimum atomic E-state index is 0.353. The van der Waals surface area contributed by atoms with Crippen LogP contribution in [0, 0.1) is 28.6 Å². The molecule has 2 nitrogen and oxygen atoms in total. The molecule has 3 aliphatic rings. The molecule has 1 spiro atoms. The summed E-state index contributed by atoms with van der Waals surface area (Å²) in [5, 5.41) is 14.2. The lowest BCUT2D eigenvalue weighted by molar-refractivity contribution is 0.0309. The highest BCUT2D eigenvalue weighted by molar-refractivity contribution is 5.39. The van der Waals surface area contributed by atoms with E-state index in [0.717, 1.165) is 43.7 Å². The van der Waals surface area contributed by atoms with Gasteiger partial charge >= 0.3 is 0 Å². The molecule has 2 N–H and O–H groups in total. The van der Waals surface area contributed by atoms with Crippen LogP contribution in [0.4, 0.5) is 0 Å². The van der Waals surface area contributed by atoms with Gasteiger partial charge in [0.2, 0.25) is 0 Å². The summed E-state index contributed by atoms with van der Waals surface area (Å²) in [5.41, 5.74) is 6.19. The molecule has 2 fully saturated rings. The second kappa shape index (κ2) is 11.4. The maximum Gasteiger partial charge on any atom is 0.116 e. The molecule has 37 heavy (non-hydrogen) atoms. The molecule has 2 saturated carbocycles. The molecule has 5 rings (SSSR count). The molecule has 4 atom stereocenters. The maximum absolute atomic E-state index is 10.7. The summed E-state index contributed by atoms with van der Waals surface area (Å²) in [6, 6.07) is 15.1. The van der Waals surface area contributed by atoms with E-state index in [1.807, 2.05) is 12.1 Å². The molecule has 0 unspecified atom stereocenters. The van der Waals surface area contributed by atoms with Crippen LogP contribution in [0.3, 0.4) is 0 Å². The number of phenolic OH excluding ortho intramolecular Hbond substituents is 1. The monoisotopic (exact) mass is 499 g/mol. The standard InChI is InChI=1S/C35H49NO/c1-4-36-25-31-12-6-5-11-30(31)18-28-16-27(20-33(37)21-28)17-29-19-32(24-35(23-29)14-7-8-15-35)34(3)13-9-10-26(2)22-34/h5-6,9,11-13,16,20-21,26,29,32,36-37H,4,7-8,10,14-15,17-19,22-25H2,1-3H3/t26-,29-,32+,34+/m0/s1. The second-order valence-electron chi connectivity index (χ2n) is 13.3. The summed E-state index contributed by atoms with van der Waals surface area (Å²) in [6.07, 6.45) is 19.5. The SMILES string of the molecule is CCNCc1ccccc1Cc1cc(O)cc(C[C@H]2C[C@@H]([C@]3(C)C=CC[C@H](C)C3)CC3(CCCC3)C2)c1. The first-order valence-corrected chi connectivity index (χ1v) is 15.1. The zero-order chi connectivity index (χ0) is 25.9. The fourth-order valence-electron chi connectivity index (χ4n) is 8.43. The summed E-state index contributed by atoms with van der Waals surface area (Å²) < 4.78 is 0. The molecule has 0 bridgehead atoms. The maximum atomic E-state index is 10.7. The van der Waals surface area contributed by atoms with Crippen LogP contribution in [0.15, 0.2) is 54.6 Å². The average molecular weight is 500 g/mol. The van der Waals surface area contributed by atoms with E-state index in [4.69, 9.17) is 0 Å². The molecule has 0 saturated heterocycles. The minimum Gasteiger partial charge on any atom is -0.508 e. The Morgan fingerprint density at radius 2 is 1.73 bits per heavy atom. The highest BCUT2D eigenvalue weighted by Gasteiger charge is 2.47. The molecule has 2 aromatic rings. The Kier molecular flexibility index (Phi) is 8.15. The van der Waals surface area contributed by atoms with Crippen molar-refractivity contribution in [3.05, 3.63) is 76.9 Å². The van der Waals surface area contributed by atoms with E-state index in [1.165, 1.54) is 80.0 Å². The minimum absolute atomic E-state index is 0.353. The van der Waals surface area contributed by atoms with Crippen LogP contribution in [0.2, 0.25) is 0 Å². The Hall–Kier alpha value is -2.06. The predicted octanol–water partition coefficient (Wildman–Crippen LogP) is 8.60. The van der Waals surface area contributed by atoms with Gasteiger partial charge in [-0.05, 0) is 127 Å². The van der Waals surface area contributed by atoms with Crippen molar-refractivity contribution in [1.82, 2.24) is 5.32 Å². The summed E-state index contributed by atoms with van der Waals surface area (Å²) in [4.78, 5) is 0. The molecule has 0 heterocycles. The van der Waals surface area contributed by atoms with Crippen molar-refractivity contribution >= 4 is 0 Å². The average Bonchev–Trinajstić information content (AvgIpc) is 3.29. The first-order chi connectivity index (χ1) is 17.9. The topological polar surface area (TPSA) is 32.3 Å². The summed E-state index contributed by atoms with van der Waals surface area (Å²) in [7, 11) is 0. The smallest absolute Gasteiger partial charge is 0.116 e. The molecular weight excluding hydrogens is 450 g/mol. The largest absolute Gasteiger partial charge is 0.508 e. The third-order valence-electron chi connectivity index (χ3n) is 10.1. The summed E-state index contributed by atoms with van der Waals surface area (Å²) in [5.74, 6) is 2.74. The predicted molar refractivity (Wildman–Crippen MR) is 156 cm³/mol. The third-order valence-corrected chi connectivity index (χ3v) is 10.1. The zero-order valence-electron chi connectivity index (χ0n) is 23.6. The fourth-order valence-corrected chi connectivity index (χ4v) is 8.43. The molecule has 0 amide bonds. The van der Waals surface area contributed by atoms with Crippen molar-refractivity contribution in [3.63, 3.8) is 0 Å². The number of phenols is 1. The molecule has 0 aromatic heterocycles. The molecule has 0 radical (unpaired) electrons. The van der Waals surface area contributed by atoms with Crippen LogP contribution in [0.5, 0.6) is 5.75 Å². The van der Waals surface area contributed by atoms with Gasteiger partial charge in [0.25, 0.3) is 0 Å². The van der Waals surface area contributed by atoms with Crippen molar-refractivity contribution < 1.29 is 5.11 Å². The van der Waals surface area contributed by atoms with Gasteiger partial charge in [-0.1, -0.05) is 76.1 Å². The number of benzene rings is 2. The lowest BCUT2D eigenvalue weighted by Crippen LogP contribution is -2.40. The van der Waals surface area contributed by atoms with Crippen LogP contribution in [0.1, 0.15) is 101 Å². The zero-order valence-corrected chi connectivity index (χ0v) is 23.6. The number of hydrogen-bond acceptors (Lipinski definition) is 2. The van der Waals surface area contributed by atoms with E-state index in [1.54, 1.807) is 0 Å². The quantitative estimate of drug-likeness (QED) is 0.356.